The van der Waals surface area contributed by atoms with Gasteiger partial charge in [0.15, 0.2) is 11.7 Å². The molecule has 1 spiro atoms. The summed E-state index contributed by atoms with van der Waals surface area (Å²) >= 11 is 1.74. The minimum Gasteiger partial charge on any atom is -0.323 e. The number of aromatic nitrogens is 1. The molecule has 28 heavy (non-hydrogen) atoms. The Morgan fingerprint density at radius 2 is 2.11 bits per heavy atom. The number of thiazole rings is 1. The number of carbonyl (C=O) groups excluding carboxylic acids is 2. The van der Waals surface area contributed by atoms with Gasteiger partial charge in [0.05, 0.1) is 16.8 Å². The Morgan fingerprint density at radius 3 is 2.93 bits per heavy atom. The van der Waals surface area contributed by atoms with E-state index < -0.39 is 5.54 Å². The summed E-state index contributed by atoms with van der Waals surface area (Å²) in [7, 11) is 0. The largest absolute Gasteiger partial charge is 0.329 e. The quantitative estimate of drug-likeness (QED) is 0.780. The number of quaternary nitrogens is 1. The van der Waals surface area contributed by atoms with Crippen molar-refractivity contribution in [3.8, 4) is 0 Å². The first kappa shape index (κ1) is 18.1. The summed E-state index contributed by atoms with van der Waals surface area (Å²) < 4.78 is 1.20. The molecule has 148 valence electrons. The third-order valence-electron chi connectivity index (χ3n) is 6.95. The van der Waals surface area contributed by atoms with Crippen LogP contribution in [0.1, 0.15) is 56.5 Å². The molecule has 2 aliphatic heterocycles. The second-order valence-electron chi connectivity index (χ2n) is 8.56. The average Bonchev–Trinajstić information content (AvgIpc) is 3.38. The molecule has 5 rings (SSSR count). The van der Waals surface area contributed by atoms with Crippen LogP contribution in [0, 0.1) is 5.92 Å². The maximum absolute atomic E-state index is 13.3. The number of nitrogens with zero attached hydrogens (tertiary/aromatic N) is 2. The van der Waals surface area contributed by atoms with Gasteiger partial charge in [0.1, 0.15) is 11.6 Å². The van der Waals surface area contributed by atoms with Crippen molar-refractivity contribution in [2.24, 2.45) is 5.92 Å². The van der Waals surface area contributed by atoms with Crippen molar-refractivity contribution >= 4 is 33.5 Å². The normalized spacial score (nSPS) is 33.2. The molecule has 2 aromatic rings. The Hall–Kier alpha value is -1.99. The lowest BCUT2D eigenvalue weighted by atomic mass is 9.73. The van der Waals surface area contributed by atoms with Gasteiger partial charge >= 0.3 is 6.03 Å². The lowest BCUT2D eigenvalue weighted by Crippen LogP contribution is -3.12. The Labute approximate surface area is 168 Å². The van der Waals surface area contributed by atoms with Gasteiger partial charge in [-0.15, -0.1) is 11.3 Å². The van der Waals surface area contributed by atoms with Gasteiger partial charge in [-0.2, -0.15) is 0 Å². The van der Waals surface area contributed by atoms with E-state index in [4.69, 9.17) is 4.98 Å². The molecule has 7 heteroatoms. The number of amides is 3. The third kappa shape index (κ3) is 2.75. The van der Waals surface area contributed by atoms with Gasteiger partial charge < -0.3 is 10.2 Å². The molecule has 6 nitrogen and oxygen atoms in total. The van der Waals surface area contributed by atoms with E-state index in [1.54, 1.807) is 11.3 Å². The molecule has 1 aromatic carbocycles. The van der Waals surface area contributed by atoms with Crippen molar-refractivity contribution in [3.63, 3.8) is 0 Å². The van der Waals surface area contributed by atoms with E-state index in [2.05, 4.69) is 24.4 Å². The third-order valence-corrected chi connectivity index (χ3v) is 8.10. The smallest absolute Gasteiger partial charge is 0.323 e. The fraction of sp³-hybridized carbons (Fsp3) is 0.571. The Balaban J connectivity index is 1.37. The van der Waals surface area contributed by atoms with Crippen LogP contribution in [-0.2, 0) is 4.79 Å². The number of benzene rings is 1. The van der Waals surface area contributed by atoms with E-state index in [1.165, 1.54) is 14.5 Å². The second-order valence-corrected chi connectivity index (χ2v) is 9.62. The van der Waals surface area contributed by atoms with Crippen LogP contribution in [0.25, 0.3) is 10.2 Å². The van der Waals surface area contributed by atoms with Crippen LogP contribution < -0.4 is 10.2 Å². The molecule has 1 aliphatic carbocycles. The molecule has 3 aliphatic rings. The maximum atomic E-state index is 13.3. The van der Waals surface area contributed by atoms with Gasteiger partial charge in [0.25, 0.3) is 5.91 Å². The van der Waals surface area contributed by atoms with Gasteiger partial charge in [-0.1, -0.05) is 31.9 Å². The molecule has 1 aromatic heterocycles. The fourth-order valence-corrected chi connectivity index (χ4v) is 6.44. The van der Waals surface area contributed by atoms with Crippen molar-refractivity contribution < 1.29 is 14.5 Å². The fourth-order valence-electron chi connectivity index (χ4n) is 5.28. The van der Waals surface area contributed by atoms with Crippen LogP contribution in [0.15, 0.2) is 24.3 Å². The van der Waals surface area contributed by atoms with Crippen LogP contribution >= 0.6 is 11.3 Å². The minimum atomic E-state index is -0.667. The van der Waals surface area contributed by atoms with Crippen molar-refractivity contribution in [2.45, 2.75) is 57.0 Å². The molecule has 2 N–H and O–H groups in total. The molecule has 2 saturated heterocycles. The number of hydrogen-bond acceptors (Lipinski definition) is 4. The summed E-state index contributed by atoms with van der Waals surface area (Å²) in [6, 6.07) is 8.27. The highest BCUT2D eigenvalue weighted by Gasteiger charge is 2.56. The number of likely N-dealkylation sites (tertiary alicyclic amines) is 1. The minimum absolute atomic E-state index is 0.00727. The maximum Gasteiger partial charge on any atom is 0.329 e. The van der Waals surface area contributed by atoms with E-state index in [0.29, 0.717) is 6.67 Å². The van der Waals surface area contributed by atoms with E-state index in [1.807, 2.05) is 12.1 Å². The molecule has 1 unspecified atom stereocenters. The molecule has 0 bridgehead atoms. The highest BCUT2D eigenvalue weighted by molar-refractivity contribution is 7.18. The lowest BCUT2D eigenvalue weighted by molar-refractivity contribution is -0.925. The summed E-state index contributed by atoms with van der Waals surface area (Å²) in [5.41, 5.74) is 0.374. The SMILES string of the molecule is C[C@@H]1CCCC[C@]12NC(=O)N(C[NH+]1CCC[C@@H]1c1nc3ccccc3s1)C2=O. The van der Waals surface area contributed by atoms with Gasteiger partial charge in [0, 0.05) is 12.8 Å². The number of para-hydroxylation sites is 1. The summed E-state index contributed by atoms with van der Waals surface area (Å²) in [6.45, 7) is 3.52. The number of nitrogens with one attached hydrogen (secondary N) is 2. The highest BCUT2D eigenvalue weighted by Crippen LogP contribution is 2.38. The number of urea groups is 1. The van der Waals surface area contributed by atoms with Crippen molar-refractivity contribution in [2.75, 3.05) is 13.2 Å². The predicted octanol–water partition coefficient (Wildman–Crippen LogP) is 2.47. The number of hydrogen-bond donors (Lipinski definition) is 2. The molecule has 3 heterocycles. The number of imide groups is 1. The van der Waals surface area contributed by atoms with Crippen LogP contribution in [0.2, 0.25) is 0 Å². The molecule has 3 fully saturated rings. The summed E-state index contributed by atoms with van der Waals surface area (Å²) in [5, 5.41) is 4.21. The van der Waals surface area contributed by atoms with Crippen molar-refractivity contribution in [1.82, 2.24) is 15.2 Å². The summed E-state index contributed by atoms with van der Waals surface area (Å²) in [6.07, 6.45) is 6.08. The molecule has 1 saturated carbocycles. The Kier molecular flexibility index (Phi) is 4.39. The number of rotatable bonds is 3. The van der Waals surface area contributed by atoms with E-state index >= 15 is 0 Å². The van der Waals surface area contributed by atoms with Crippen LogP contribution in [0.5, 0.6) is 0 Å². The zero-order valence-electron chi connectivity index (χ0n) is 16.2. The van der Waals surface area contributed by atoms with Crippen LogP contribution in [0.4, 0.5) is 4.79 Å². The second kappa shape index (κ2) is 6.81. The lowest BCUT2D eigenvalue weighted by Gasteiger charge is -2.37. The van der Waals surface area contributed by atoms with E-state index in [-0.39, 0.29) is 23.9 Å². The van der Waals surface area contributed by atoms with E-state index in [9.17, 15) is 9.59 Å². The Morgan fingerprint density at radius 1 is 1.25 bits per heavy atom. The molecule has 4 atom stereocenters. The van der Waals surface area contributed by atoms with E-state index in [0.717, 1.165) is 55.6 Å². The van der Waals surface area contributed by atoms with Gasteiger partial charge in [-0.25, -0.2) is 14.7 Å². The Bertz CT molecular complexity index is 895. The number of carbonyl (C=O) groups is 2. The summed E-state index contributed by atoms with van der Waals surface area (Å²) in [5.74, 6) is 0.198. The highest BCUT2D eigenvalue weighted by atomic mass is 32.1. The van der Waals surface area contributed by atoms with Gasteiger partial charge in [0.2, 0.25) is 0 Å². The first-order valence-corrected chi connectivity index (χ1v) is 11.2. The van der Waals surface area contributed by atoms with Crippen molar-refractivity contribution in [1.29, 1.82) is 0 Å². The standard InChI is InChI=1S/C21H26N4O2S/c1-14-7-4-5-11-21(14)19(26)25(20(27)23-21)13-24-12-6-9-16(24)18-22-15-8-2-3-10-17(15)28-18/h2-3,8,10,14,16H,4-7,9,11-13H2,1H3,(H,23,27)/p+1/t14-,16-,21+/m1/s1. The first-order valence-electron chi connectivity index (χ1n) is 10.4. The van der Waals surface area contributed by atoms with Gasteiger partial charge in [-0.3, -0.25) is 4.79 Å². The molecule has 0 radical (unpaired) electrons. The molecular weight excluding hydrogens is 372 g/mol. The number of fused-ring (bicyclic) bond motifs is 1. The monoisotopic (exact) mass is 399 g/mol. The molecule has 3 amide bonds. The zero-order valence-corrected chi connectivity index (χ0v) is 17.1. The first-order chi connectivity index (χ1) is 13.6. The van der Waals surface area contributed by atoms with Crippen LogP contribution in [0.3, 0.4) is 0 Å². The summed E-state index contributed by atoms with van der Waals surface area (Å²) in [4.78, 5) is 33.7. The van der Waals surface area contributed by atoms with Crippen molar-refractivity contribution in [3.05, 3.63) is 29.3 Å². The average molecular weight is 400 g/mol. The van der Waals surface area contributed by atoms with Crippen LogP contribution in [-0.4, -0.2) is 40.6 Å². The predicted molar refractivity (Wildman–Crippen MR) is 108 cm³/mol. The topological polar surface area (TPSA) is 66.7 Å². The molecular formula is C21H27N4O2S+. The van der Waals surface area contributed by atoms with Gasteiger partial charge in [-0.05, 0) is 30.9 Å². The zero-order chi connectivity index (χ0) is 19.3.